The molecule has 2 aliphatic rings. The van der Waals surface area contributed by atoms with E-state index < -0.39 is 54.7 Å². The second kappa shape index (κ2) is 21.8. The molecule has 0 spiro atoms. The SMILES string of the molecule is CC(C)[C@H](CC(=O)CCC(=O)CN1CCN(CC(=O)O)CCN(CC(=O)O)CCN(CC(=O)O)CC1)C(=O)N[C@H](C)C(=O)N1CCC[C@H]1B(O)O. The summed E-state index contributed by atoms with van der Waals surface area (Å²) in [5.41, 5.74) is 0. The normalized spacial score (nSPS) is 20.2. The van der Waals surface area contributed by atoms with Crippen LogP contribution in [0.5, 0.6) is 0 Å². The van der Waals surface area contributed by atoms with Crippen molar-refractivity contribution in [2.45, 2.75) is 64.9 Å². The number of nitrogens with zero attached hydrogens (tertiary/aromatic N) is 5. The molecule has 51 heavy (non-hydrogen) atoms. The van der Waals surface area contributed by atoms with Crippen LogP contribution in [0.25, 0.3) is 0 Å². The van der Waals surface area contributed by atoms with Crippen LogP contribution in [0.1, 0.15) is 52.9 Å². The molecule has 2 heterocycles. The van der Waals surface area contributed by atoms with E-state index in [1.54, 1.807) is 33.4 Å². The van der Waals surface area contributed by atoms with Crippen molar-refractivity contribution in [2.24, 2.45) is 11.8 Å². The molecule has 0 saturated carbocycles. The summed E-state index contributed by atoms with van der Waals surface area (Å²) < 4.78 is 0. The van der Waals surface area contributed by atoms with Crippen LogP contribution < -0.4 is 5.32 Å². The van der Waals surface area contributed by atoms with Gasteiger partial charge in [0.1, 0.15) is 17.6 Å². The van der Waals surface area contributed by atoms with E-state index in [4.69, 9.17) is 0 Å². The van der Waals surface area contributed by atoms with E-state index in [2.05, 4.69) is 5.32 Å². The predicted molar refractivity (Wildman–Crippen MR) is 183 cm³/mol. The van der Waals surface area contributed by atoms with Gasteiger partial charge in [0.15, 0.2) is 0 Å². The highest BCUT2D eigenvalue weighted by Crippen LogP contribution is 2.21. The maximum atomic E-state index is 13.2. The quantitative estimate of drug-likeness (QED) is 0.0803. The number of hydrogen-bond donors (Lipinski definition) is 6. The lowest BCUT2D eigenvalue weighted by Gasteiger charge is -2.32. The van der Waals surface area contributed by atoms with Crippen LogP contribution in [-0.4, -0.2) is 195 Å². The highest BCUT2D eigenvalue weighted by molar-refractivity contribution is 6.43. The molecule has 18 nitrogen and oxygen atoms in total. The molecule has 288 valence electrons. The molecule has 2 aliphatic heterocycles. The zero-order chi connectivity index (χ0) is 38.2. The van der Waals surface area contributed by atoms with Crippen molar-refractivity contribution >= 4 is 48.4 Å². The lowest BCUT2D eigenvalue weighted by Crippen LogP contribution is -2.53. The number of aliphatic carboxylic acids is 3. The standard InChI is InChI=1S/C32H55BN6O12/c1-22(2)26(31(48)34-23(3)32(49)39-8-4-5-27(39)33(50)51)17-24(40)6-7-25(41)18-35-9-11-36(19-28(42)43)13-15-38(21-30(46)47)16-14-37(12-10-35)20-29(44)45/h22-23,26-27,50-51H,4-21H2,1-3H3,(H,34,48)(H,42,43)(H,44,45)(H,46,47)/t23-,26+,27+/m1/s1. The lowest BCUT2D eigenvalue weighted by atomic mass is 9.78. The van der Waals surface area contributed by atoms with Gasteiger partial charge in [-0.05, 0) is 25.7 Å². The molecule has 0 aliphatic carbocycles. The first-order chi connectivity index (χ1) is 24.0. The summed E-state index contributed by atoms with van der Waals surface area (Å²) in [6.07, 6.45) is 0.687. The van der Waals surface area contributed by atoms with Gasteiger partial charge in [-0.25, -0.2) is 0 Å². The fourth-order valence-electron chi connectivity index (χ4n) is 6.38. The van der Waals surface area contributed by atoms with Crippen molar-refractivity contribution in [1.82, 2.24) is 29.8 Å². The Morgan fingerprint density at radius 1 is 0.647 bits per heavy atom. The molecule has 0 aromatic carbocycles. The van der Waals surface area contributed by atoms with Crippen molar-refractivity contribution < 1.29 is 58.9 Å². The number of carboxylic acids is 3. The first kappa shape index (κ1) is 43.7. The summed E-state index contributed by atoms with van der Waals surface area (Å²) in [4.78, 5) is 94.7. The summed E-state index contributed by atoms with van der Waals surface area (Å²) in [5, 5.41) is 50.0. The molecule has 2 amide bonds. The summed E-state index contributed by atoms with van der Waals surface area (Å²) in [6.45, 7) is 6.52. The zero-order valence-corrected chi connectivity index (χ0v) is 29.9. The van der Waals surface area contributed by atoms with Crippen LogP contribution in [-0.2, 0) is 33.6 Å². The minimum absolute atomic E-state index is 0.0615. The van der Waals surface area contributed by atoms with Crippen molar-refractivity contribution in [1.29, 1.82) is 0 Å². The highest BCUT2D eigenvalue weighted by Gasteiger charge is 2.39. The zero-order valence-electron chi connectivity index (χ0n) is 29.9. The molecule has 2 rings (SSSR count). The first-order valence-electron chi connectivity index (χ1n) is 17.5. The van der Waals surface area contributed by atoms with Gasteiger partial charge in [0.2, 0.25) is 11.8 Å². The molecule has 6 N–H and O–H groups in total. The van der Waals surface area contributed by atoms with Gasteiger partial charge < -0.3 is 35.6 Å². The van der Waals surface area contributed by atoms with Gasteiger partial charge in [-0.1, -0.05) is 13.8 Å². The molecule has 0 bridgehead atoms. The fraction of sp³-hybridized carbons (Fsp3) is 0.781. The number of rotatable bonds is 18. The van der Waals surface area contributed by atoms with E-state index in [0.29, 0.717) is 19.4 Å². The number of likely N-dealkylation sites (tertiary alicyclic amines) is 1. The third-order valence-electron chi connectivity index (χ3n) is 9.33. The summed E-state index contributed by atoms with van der Waals surface area (Å²) in [6, 6.07) is -0.948. The number of Topliss-reactive ketones (excluding diaryl/α,β-unsaturated/α-hetero) is 2. The third-order valence-corrected chi connectivity index (χ3v) is 9.33. The number of carbonyl (C=O) groups is 7. The van der Waals surface area contributed by atoms with E-state index in [0.717, 1.165) is 0 Å². The monoisotopic (exact) mass is 726 g/mol. The summed E-state index contributed by atoms with van der Waals surface area (Å²) in [5.74, 6) is -6.44. The van der Waals surface area contributed by atoms with Gasteiger partial charge in [0.05, 0.1) is 32.1 Å². The number of nitrogens with one attached hydrogen (secondary N) is 1. The van der Waals surface area contributed by atoms with E-state index in [9.17, 15) is 58.9 Å². The number of amides is 2. The molecule has 19 heteroatoms. The molecule has 0 aromatic heterocycles. The minimum Gasteiger partial charge on any atom is -0.480 e. The molecule has 2 fully saturated rings. The Labute approximate surface area is 298 Å². The molecule has 0 unspecified atom stereocenters. The minimum atomic E-state index is -1.69. The molecule has 2 saturated heterocycles. The second-order valence-corrected chi connectivity index (χ2v) is 13.8. The van der Waals surface area contributed by atoms with Crippen molar-refractivity contribution in [3.8, 4) is 0 Å². The highest BCUT2D eigenvalue weighted by atomic mass is 16.4. The number of carboxylic acid groups (broad SMARTS) is 3. The largest absolute Gasteiger partial charge is 0.480 e. The smallest absolute Gasteiger partial charge is 0.475 e. The van der Waals surface area contributed by atoms with E-state index in [1.807, 2.05) is 0 Å². The number of hydrogen-bond acceptors (Lipinski definition) is 13. The van der Waals surface area contributed by atoms with Crippen LogP contribution in [0.15, 0.2) is 0 Å². The first-order valence-corrected chi connectivity index (χ1v) is 17.5. The lowest BCUT2D eigenvalue weighted by molar-refractivity contribution is -0.140. The van der Waals surface area contributed by atoms with Crippen molar-refractivity contribution in [3.63, 3.8) is 0 Å². The average molecular weight is 727 g/mol. The van der Waals surface area contributed by atoms with E-state index in [-0.39, 0.29) is 115 Å². The molecule has 0 radical (unpaired) electrons. The van der Waals surface area contributed by atoms with Gasteiger partial charge in [-0.3, -0.25) is 53.2 Å². The molecule has 3 atom stereocenters. The van der Waals surface area contributed by atoms with Crippen LogP contribution >= 0.6 is 0 Å². The van der Waals surface area contributed by atoms with Gasteiger partial charge in [0.25, 0.3) is 0 Å². The maximum Gasteiger partial charge on any atom is 0.475 e. The van der Waals surface area contributed by atoms with Crippen LogP contribution in [0.2, 0.25) is 0 Å². The molecular formula is C32H55BN6O12. The maximum absolute atomic E-state index is 13.2. The third kappa shape index (κ3) is 16.2. The van der Waals surface area contributed by atoms with Gasteiger partial charge >= 0.3 is 25.0 Å². The van der Waals surface area contributed by atoms with Crippen LogP contribution in [0, 0.1) is 11.8 Å². The van der Waals surface area contributed by atoms with Crippen molar-refractivity contribution in [3.05, 3.63) is 0 Å². The van der Waals surface area contributed by atoms with Crippen LogP contribution in [0.4, 0.5) is 0 Å². The Hall–Kier alpha value is -3.49. The average Bonchev–Trinajstić information content (AvgIpc) is 3.53. The van der Waals surface area contributed by atoms with Crippen molar-refractivity contribution in [2.75, 3.05) is 85.1 Å². The molecular weight excluding hydrogens is 671 g/mol. The summed E-state index contributed by atoms with van der Waals surface area (Å²) in [7, 11) is -1.69. The Morgan fingerprint density at radius 3 is 1.45 bits per heavy atom. The van der Waals surface area contributed by atoms with Gasteiger partial charge in [-0.2, -0.15) is 0 Å². The topological polar surface area (TPSA) is 249 Å². The van der Waals surface area contributed by atoms with E-state index >= 15 is 0 Å². The van der Waals surface area contributed by atoms with Gasteiger partial charge in [-0.15, -0.1) is 0 Å². The fourth-order valence-corrected chi connectivity index (χ4v) is 6.38. The predicted octanol–water partition coefficient (Wildman–Crippen LogP) is -2.45. The second-order valence-electron chi connectivity index (χ2n) is 13.8. The Balaban J connectivity index is 2.00. The number of ketones is 2. The van der Waals surface area contributed by atoms with Crippen LogP contribution in [0.3, 0.4) is 0 Å². The summed E-state index contributed by atoms with van der Waals surface area (Å²) >= 11 is 0. The Bertz CT molecular complexity index is 1190. The Kier molecular flexibility index (Phi) is 18.7. The Morgan fingerprint density at radius 2 is 1.06 bits per heavy atom. The van der Waals surface area contributed by atoms with Gasteiger partial charge in [0, 0.05) is 84.1 Å². The molecule has 0 aromatic rings. The van der Waals surface area contributed by atoms with E-state index in [1.165, 1.54) is 11.8 Å². The number of carbonyl (C=O) groups excluding carboxylic acids is 4.